The van der Waals surface area contributed by atoms with Crippen LogP contribution in [0.4, 0.5) is 0 Å². The number of ether oxygens (including phenoxy) is 1. The molecule has 3 atom stereocenters. The van der Waals surface area contributed by atoms with E-state index in [9.17, 15) is 4.21 Å². The van der Waals surface area contributed by atoms with E-state index in [1.165, 1.54) is 0 Å². The van der Waals surface area contributed by atoms with Crippen LogP contribution in [0, 0.1) is 5.92 Å². The van der Waals surface area contributed by atoms with E-state index < -0.39 is 10.8 Å². The Labute approximate surface area is 76.1 Å². The lowest BCUT2D eigenvalue weighted by atomic mass is 10.2. The summed E-state index contributed by atoms with van der Waals surface area (Å²) >= 11 is 0. The van der Waals surface area contributed by atoms with Crippen molar-refractivity contribution in [3.8, 4) is 0 Å². The zero-order chi connectivity index (χ0) is 8.97. The van der Waals surface area contributed by atoms with Crippen molar-refractivity contribution in [2.75, 3.05) is 25.5 Å². The Hall–Kier alpha value is 0.0700. The number of nitrogens with two attached hydrogens (primary N) is 1. The van der Waals surface area contributed by atoms with Crippen molar-refractivity contribution >= 4 is 10.8 Å². The van der Waals surface area contributed by atoms with E-state index in [4.69, 9.17) is 10.5 Å². The molecule has 0 aliphatic carbocycles. The standard InChI is InChI=1S/C8H17NO2S/c1-7(4-9)12(10)6-8-2-3-11-5-8/h7-8H,2-6,9H2,1H3. The molecule has 3 unspecified atom stereocenters. The van der Waals surface area contributed by atoms with E-state index in [2.05, 4.69) is 0 Å². The van der Waals surface area contributed by atoms with Gasteiger partial charge in [0, 0.05) is 35.0 Å². The van der Waals surface area contributed by atoms with Gasteiger partial charge < -0.3 is 10.5 Å². The molecule has 4 heteroatoms. The second-order valence-corrected chi connectivity index (χ2v) is 5.22. The van der Waals surface area contributed by atoms with Crippen molar-refractivity contribution in [3.63, 3.8) is 0 Å². The van der Waals surface area contributed by atoms with Gasteiger partial charge in [0.25, 0.3) is 0 Å². The van der Waals surface area contributed by atoms with Gasteiger partial charge in [0.15, 0.2) is 0 Å². The summed E-state index contributed by atoms with van der Waals surface area (Å²) in [6.07, 6.45) is 1.06. The highest BCUT2D eigenvalue weighted by Gasteiger charge is 2.20. The molecule has 12 heavy (non-hydrogen) atoms. The molecule has 1 rings (SSSR count). The van der Waals surface area contributed by atoms with Crippen molar-refractivity contribution < 1.29 is 8.95 Å². The molecule has 0 aromatic rings. The summed E-state index contributed by atoms with van der Waals surface area (Å²) in [5, 5.41) is 0.130. The monoisotopic (exact) mass is 191 g/mol. The van der Waals surface area contributed by atoms with E-state index in [-0.39, 0.29) is 5.25 Å². The molecule has 2 N–H and O–H groups in total. The van der Waals surface area contributed by atoms with E-state index in [0.717, 1.165) is 25.4 Å². The Bertz CT molecular complexity index is 157. The molecule has 0 spiro atoms. The molecule has 1 aliphatic rings. The SMILES string of the molecule is CC(CN)S(=O)CC1CCOC1. The second kappa shape index (κ2) is 4.94. The Morgan fingerprint density at radius 1 is 1.75 bits per heavy atom. The van der Waals surface area contributed by atoms with Crippen molar-refractivity contribution in [1.29, 1.82) is 0 Å². The Balaban J connectivity index is 2.25. The third-order valence-corrected chi connectivity index (χ3v) is 4.09. The van der Waals surface area contributed by atoms with E-state index in [1.807, 2.05) is 6.92 Å². The van der Waals surface area contributed by atoms with Gasteiger partial charge in [-0.05, 0) is 19.3 Å². The highest BCUT2D eigenvalue weighted by atomic mass is 32.2. The van der Waals surface area contributed by atoms with Crippen LogP contribution in [0.15, 0.2) is 0 Å². The molecule has 1 fully saturated rings. The van der Waals surface area contributed by atoms with Gasteiger partial charge in [-0.15, -0.1) is 0 Å². The molecule has 3 nitrogen and oxygen atoms in total. The van der Waals surface area contributed by atoms with E-state index >= 15 is 0 Å². The summed E-state index contributed by atoms with van der Waals surface area (Å²) in [6, 6.07) is 0. The zero-order valence-corrected chi connectivity index (χ0v) is 8.31. The first-order chi connectivity index (χ1) is 5.74. The molecular formula is C8H17NO2S. The summed E-state index contributed by atoms with van der Waals surface area (Å²) in [7, 11) is -0.760. The lowest BCUT2D eigenvalue weighted by molar-refractivity contribution is 0.189. The summed E-state index contributed by atoms with van der Waals surface area (Å²) in [4.78, 5) is 0. The van der Waals surface area contributed by atoms with Crippen LogP contribution in [0.2, 0.25) is 0 Å². The fraction of sp³-hybridized carbons (Fsp3) is 1.00. The lowest BCUT2D eigenvalue weighted by Gasteiger charge is -2.11. The third kappa shape index (κ3) is 2.84. The molecule has 0 bridgehead atoms. The molecule has 0 saturated carbocycles. The largest absolute Gasteiger partial charge is 0.381 e. The van der Waals surface area contributed by atoms with Crippen LogP contribution in [0.3, 0.4) is 0 Å². The minimum absolute atomic E-state index is 0.130. The number of rotatable bonds is 4. The van der Waals surface area contributed by atoms with Crippen LogP contribution in [0.5, 0.6) is 0 Å². The van der Waals surface area contributed by atoms with Gasteiger partial charge >= 0.3 is 0 Å². The Morgan fingerprint density at radius 2 is 2.50 bits per heavy atom. The third-order valence-electron chi connectivity index (χ3n) is 2.20. The number of hydrogen-bond donors (Lipinski definition) is 1. The van der Waals surface area contributed by atoms with Gasteiger partial charge in [-0.2, -0.15) is 0 Å². The molecule has 1 heterocycles. The van der Waals surface area contributed by atoms with E-state index in [0.29, 0.717) is 12.5 Å². The predicted octanol–water partition coefficient (Wildman–Crippen LogP) is 0.119. The first-order valence-corrected chi connectivity index (χ1v) is 5.77. The quantitative estimate of drug-likeness (QED) is 0.686. The van der Waals surface area contributed by atoms with Gasteiger partial charge in [-0.3, -0.25) is 4.21 Å². The van der Waals surface area contributed by atoms with Gasteiger partial charge in [-0.1, -0.05) is 0 Å². The van der Waals surface area contributed by atoms with Gasteiger partial charge in [0.1, 0.15) is 0 Å². The fourth-order valence-corrected chi connectivity index (χ4v) is 2.49. The minimum atomic E-state index is -0.760. The van der Waals surface area contributed by atoms with Gasteiger partial charge in [0.2, 0.25) is 0 Å². The van der Waals surface area contributed by atoms with Gasteiger partial charge in [0.05, 0.1) is 6.61 Å². The van der Waals surface area contributed by atoms with Crippen LogP contribution < -0.4 is 5.73 Å². The van der Waals surface area contributed by atoms with Crippen LogP contribution >= 0.6 is 0 Å². The van der Waals surface area contributed by atoms with Crippen LogP contribution in [-0.4, -0.2) is 35.0 Å². The molecule has 1 aliphatic heterocycles. The van der Waals surface area contributed by atoms with Crippen LogP contribution in [0.25, 0.3) is 0 Å². The highest BCUT2D eigenvalue weighted by molar-refractivity contribution is 7.85. The lowest BCUT2D eigenvalue weighted by Crippen LogP contribution is -2.26. The van der Waals surface area contributed by atoms with Crippen LogP contribution in [-0.2, 0) is 15.5 Å². The summed E-state index contributed by atoms with van der Waals surface area (Å²) in [6.45, 7) is 4.06. The predicted molar refractivity (Wildman–Crippen MR) is 50.5 cm³/mol. The zero-order valence-electron chi connectivity index (χ0n) is 7.49. The van der Waals surface area contributed by atoms with Crippen molar-refractivity contribution in [1.82, 2.24) is 0 Å². The van der Waals surface area contributed by atoms with Crippen molar-refractivity contribution in [2.24, 2.45) is 11.7 Å². The molecule has 0 amide bonds. The highest BCUT2D eigenvalue weighted by Crippen LogP contribution is 2.14. The maximum atomic E-state index is 11.5. The molecule has 1 saturated heterocycles. The maximum absolute atomic E-state index is 11.5. The Morgan fingerprint density at radius 3 is 3.00 bits per heavy atom. The van der Waals surface area contributed by atoms with Crippen molar-refractivity contribution in [2.45, 2.75) is 18.6 Å². The molecular weight excluding hydrogens is 174 g/mol. The number of hydrogen-bond acceptors (Lipinski definition) is 3. The average Bonchev–Trinajstić information content (AvgIpc) is 2.55. The average molecular weight is 191 g/mol. The fourth-order valence-electron chi connectivity index (χ4n) is 1.22. The summed E-state index contributed by atoms with van der Waals surface area (Å²) in [5.74, 6) is 1.26. The Kier molecular flexibility index (Phi) is 4.18. The molecule has 0 radical (unpaired) electrons. The van der Waals surface area contributed by atoms with Crippen molar-refractivity contribution in [3.05, 3.63) is 0 Å². The smallest absolute Gasteiger partial charge is 0.0503 e. The van der Waals surface area contributed by atoms with E-state index in [1.54, 1.807) is 0 Å². The summed E-state index contributed by atoms with van der Waals surface area (Å²) in [5.41, 5.74) is 5.42. The molecule has 0 aromatic heterocycles. The van der Waals surface area contributed by atoms with Crippen LogP contribution in [0.1, 0.15) is 13.3 Å². The first-order valence-electron chi connectivity index (χ1n) is 4.39. The molecule has 72 valence electrons. The topological polar surface area (TPSA) is 52.3 Å². The molecule has 0 aromatic carbocycles. The minimum Gasteiger partial charge on any atom is -0.381 e. The van der Waals surface area contributed by atoms with Gasteiger partial charge in [-0.25, -0.2) is 0 Å². The maximum Gasteiger partial charge on any atom is 0.0503 e. The second-order valence-electron chi connectivity index (χ2n) is 3.32. The normalized spacial score (nSPS) is 28.7. The first kappa shape index (κ1) is 10.2. The summed E-state index contributed by atoms with van der Waals surface area (Å²) < 4.78 is 16.7.